The summed E-state index contributed by atoms with van der Waals surface area (Å²) in [6.45, 7) is 2.18. The monoisotopic (exact) mass is 517 g/mol. The van der Waals surface area contributed by atoms with E-state index in [1.54, 1.807) is 7.11 Å². The summed E-state index contributed by atoms with van der Waals surface area (Å²) >= 11 is 3.56. The van der Waals surface area contributed by atoms with Gasteiger partial charge in [0, 0.05) is 19.1 Å². The molecule has 0 bridgehead atoms. The van der Waals surface area contributed by atoms with Gasteiger partial charge in [-0.05, 0) is 73.9 Å². The summed E-state index contributed by atoms with van der Waals surface area (Å²) in [6, 6.07) is 6.71. The minimum absolute atomic E-state index is 0.407. The third-order valence-electron chi connectivity index (χ3n) is 6.78. The van der Waals surface area contributed by atoms with Crippen molar-refractivity contribution in [3.63, 3.8) is 0 Å². The predicted molar refractivity (Wildman–Crippen MR) is 138 cm³/mol. The SMILES string of the molecule is COc1c(Br)cccc1Nc1nc(NC2CCCCCC2)nc(N(C)C2CCN(C)CC2)n1. The first-order chi connectivity index (χ1) is 16.0. The van der Waals surface area contributed by atoms with Crippen molar-refractivity contribution in [1.29, 1.82) is 0 Å². The second-order valence-electron chi connectivity index (χ2n) is 9.21. The van der Waals surface area contributed by atoms with Crippen molar-refractivity contribution in [2.75, 3.05) is 49.8 Å². The quantitative estimate of drug-likeness (QED) is 0.493. The molecule has 2 N–H and O–H groups in total. The van der Waals surface area contributed by atoms with Crippen molar-refractivity contribution in [3.05, 3.63) is 22.7 Å². The Labute approximate surface area is 205 Å². The number of hydrogen-bond acceptors (Lipinski definition) is 8. The smallest absolute Gasteiger partial charge is 0.233 e. The van der Waals surface area contributed by atoms with Crippen LogP contribution in [-0.2, 0) is 0 Å². The van der Waals surface area contributed by atoms with Gasteiger partial charge in [-0.15, -0.1) is 0 Å². The van der Waals surface area contributed by atoms with Crippen LogP contribution >= 0.6 is 15.9 Å². The van der Waals surface area contributed by atoms with Crippen molar-refractivity contribution >= 4 is 39.5 Å². The molecule has 9 heteroatoms. The van der Waals surface area contributed by atoms with Crippen molar-refractivity contribution in [2.24, 2.45) is 0 Å². The summed E-state index contributed by atoms with van der Waals surface area (Å²) in [5.74, 6) is 2.59. The number of ether oxygens (including phenoxy) is 1. The highest BCUT2D eigenvalue weighted by Gasteiger charge is 2.24. The zero-order valence-corrected chi connectivity index (χ0v) is 21.6. The Kier molecular flexibility index (Phi) is 8.25. The fraction of sp³-hybridized carbons (Fsp3) is 0.625. The van der Waals surface area contributed by atoms with Gasteiger partial charge in [-0.25, -0.2) is 0 Å². The first-order valence-corrected chi connectivity index (χ1v) is 12.9. The van der Waals surface area contributed by atoms with E-state index in [0.717, 1.165) is 54.7 Å². The molecule has 1 aliphatic heterocycles. The average molecular weight is 519 g/mol. The van der Waals surface area contributed by atoms with Gasteiger partial charge < -0.3 is 25.2 Å². The second kappa shape index (κ2) is 11.3. The van der Waals surface area contributed by atoms with Crippen LogP contribution in [0, 0.1) is 0 Å². The zero-order chi connectivity index (χ0) is 23.2. The summed E-state index contributed by atoms with van der Waals surface area (Å²) in [5, 5.41) is 6.98. The molecule has 2 aromatic rings. The standard InChI is InChI=1S/C24H36BrN7O/c1-31-15-13-18(14-16-31)32(2)24-29-22(26-17-9-6-4-5-7-10-17)28-23(30-24)27-20-12-8-11-19(25)21(20)33-3/h8,11-12,17-18H,4-7,9-10,13-16H2,1-3H3,(H2,26,27,28,29,30). The molecule has 0 radical (unpaired) electrons. The molecule has 1 saturated heterocycles. The van der Waals surface area contributed by atoms with Crippen LogP contribution < -0.4 is 20.3 Å². The number of halogens is 1. The van der Waals surface area contributed by atoms with E-state index in [-0.39, 0.29) is 0 Å². The van der Waals surface area contributed by atoms with Crippen LogP contribution in [0.5, 0.6) is 5.75 Å². The van der Waals surface area contributed by atoms with E-state index >= 15 is 0 Å². The molecular formula is C24H36BrN7O. The van der Waals surface area contributed by atoms with Crippen LogP contribution in [0.15, 0.2) is 22.7 Å². The molecule has 1 saturated carbocycles. The number of anilines is 4. The number of likely N-dealkylation sites (tertiary alicyclic amines) is 1. The molecule has 0 amide bonds. The maximum Gasteiger partial charge on any atom is 0.233 e. The van der Waals surface area contributed by atoms with E-state index in [1.165, 1.54) is 25.7 Å². The Bertz CT molecular complexity index is 912. The Morgan fingerprint density at radius 2 is 1.70 bits per heavy atom. The number of methoxy groups -OCH3 is 1. The summed E-state index contributed by atoms with van der Waals surface area (Å²) in [7, 11) is 5.95. The third kappa shape index (κ3) is 6.26. The van der Waals surface area contributed by atoms with Gasteiger partial charge in [-0.1, -0.05) is 31.7 Å². The number of hydrogen-bond donors (Lipinski definition) is 2. The number of piperidine rings is 1. The van der Waals surface area contributed by atoms with Gasteiger partial charge in [0.25, 0.3) is 0 Å². The van der Waals surface area contributed by atoms with E-state index in [2.05, 4.69) is 50.5 Å². The lowest BCUT2D eigenvalue weighted by Crippen LogP contribution is -2.42. The zero-order valence-electron chi connectivity index (χ0n) is 20.0. The van der Waals surface area contributed by atoms with Gasteiger partial charge in [-0.2, -0.15) is 15.0 Å². The maximum atomic E-state index is 5.59. The Morgan fingerprint density at radius 1 is 1.00 bits per heavy atom. The van der Waals surface area contributed by atoms with Crippen LogP contribution in [-0.4, -0.2) is 66.2 Å². The molecule has 8 nitrogen and oxygen atoms in total. The number of para-hydroxylation sites is 1. The van der Waals surface area contributed by atoms with Gasteiger partial charge in [0.05, 0.1) is 17.3 Å². The Hall–Kier alpha value is -2.13. The van der Waals surface area contributed by atoms with Gasteiger partial charge >= 0.3 is 0 Å². The lowest BCUT2D eigenvalue weighted by Gasteiger charge is -2.35. The Balaban J connectivity index is 1.61. The summed E-state index contributed by atoms with van der Waals surface area (Å²) < 4.78 is 6.46. The number of benzene rings is 1. The summed E-state index contributed by atoms with van der Waals surface area (Å²) in [4.78, 5) is 19.0. The molecule has 0 atom stereocenters. The first kappa shape index (κ1) is 24.0. The van der Waals surface area contributed by atoms with Crippen LogP contribution in [0.2, 0.25) is 0 Å². The fourth-order valence-corrected chi connectivity index (χ4v) is 5.26. The minimum atomic E-state index is 0.407. The third-order valence-corrected chi connectivity index (χ3v) is 7.41. The molecule has 0 spiro atoms. The summed E-state index contributed by atoms with van der Waals surface area (Å²) in [6.07, 6.45) is 9.67. The Morgan fingerprint density at radius 3 is 2.39 bits per heavy atom. The number of nitrogens with one attached hydrogen (secondary N) is 2. The van der Waals surface area contributed by atoms with Crippen molar-refractivity contribution < 1.29 is 4.74 Å². The van der Waals surface area contributed by atoms with E-state index in [9.17, 15) is 0 Å². The maximum absolute atomic E-state index is 5.59. The number of rotatable bonds is 7. The van der Waals surface area contributed by atoms with Gasteiger partial charge in [0.15, 0.2) is 5.75 Å². The highest BCUT2D eigenvalue weighted by atomic mass is 79.9. The van der Waals surface area contributed by atoms with Crippen LogP contribution in [0.3, 0.4) is 0 Å². The second-order valence-corrected chi connectivity index (χ2v) is 10.1. The average Bonchev–Trinajstić information content (AvgIpc) is 3.08. The van der Waals surface area contributed by atoms with E-state index in [1.807, 2.05) is 18.2 Å². The molecule has 1 aromatic carbocycles. The van der Waals surface area contributed by atoms with Crippen molar-refractivity contribution in [3.8, 4) is 5.75 Å². The topological polar surface area (TPSA) is 78.4 Å². The molecule has 1 aliphatic carbocycles. The largest absolute Gasteiger partial charge is 0.493 e. The van der Waals surface area contributed by atoms with E-state index in [4.69, 9.17) is 19.7 Å². The van der Waals surface area contributed by atoms with Gasteiger partial charge in [0.1, 0.15) is 0 Å². The first-order valence-electron chi connectivity index (χ1n) is 12.1. The molecule has 2 aliphatic rings. The highest BCUT2D eigenvalue weighted by molar-refractivity contribution is 9.10. The van der Waals surface area contributed by atoms with Crippen molar-refractivity contribution in [2.45, 2.75) is 63.5 Å². The van der Waals surface area contributed by atoms with Gasteiger partial charge in [0.2, 0.25) is 17.8 Å². The van der Waals surface area contributed by atoms with E-state index in [0.29, 0.717) is 29.9 Å². The molecule has 0 unspecified atom stereocenters. The lowest BCUT2D eigenvalue weighted by atomic mass is 10.0. The molecule has 33 heavy (non-hydrogen) atoms. The molecule has 180 valence electrons. The van der Waals surface area contributed by atoms with Crippen LogP contribution in [0.25, 0.3) is 0 Å². The minimum Gasteiger partial charge on any atom is -0.493 e. The van der Waals surface area contributed by atoms with Crippen LogP contribution in [0.1, 0.15) is 51.4 Å². The number of nitrogens with zero attached hydrogens (tertiary/aromatic N) is 5. The lowest BCUT2D eigenvalue weighted by molar-refractivity contribution is 0.252. The molecule has 4 rings (SSSR count). The fourth-order valence-electron chi connectivity index (χ4n) is 4.73. The van der Waals surface area contributed by atoms with Crippen LogP contribution in [0.4, 0.5) is 23.5 Å². The molecule has 2 fully saturated rings. The molecular weight excluding hydrogens is 482 g/mol. The van der Waals surface area contributed by atoms with E-state index < -0.39 is 0 Å². The van der Waals surface area contributed by atoms with Gasteiger partial charge in [-0.3, -0.25) is 0 Å². The predicted octanol–water partition coefficient (Wildman–Crippen LogP) is 5.05. The summed E-state index contributed by atoms with van der Waals surface area (Å²) in [5.41, 5.74) is 0.811. The highest BCUT2D eigenvalue weighted by Crippen LogP contribution is 2.34. The molecule has 2 heterocycles. The normalized spacial score (nSPS) is 18.5. The van der Waals surface area contributed by atoms with Crippen molar-refractivity contribution in [1.82, 2.24) is 19.9 Å². The molecule has 1 aromatic heterocycles. The number of aromatic nitrogens is 3.